The van der Waals surface area contributed by atoms with Crippen LogP contribution in [0.25, 0.3) is 0 Å². The first-order valence-corrected chi connectivity index (χ1v) is 5.91. The smallest absolute Gasteiger partial charge is 0.341 e. The van der Waals surface area contributed by atoms with Gasteiger partial charge in [0.15, 0.2) is 5.43 Å². The van der Waals surface area contributed by atoms with Crippen LogP contribution in [-0.4, -0.2) is 20.6 Å². The van der Waals surface area contributed by atoms with Gasteiger partial charge in [-0.15, -0.1) is 0 Å². The van der Waals surface area contributed by atoms with Crippen molar-refractivity contribution in [3.8, 4) is 0 Å². The highest BCUT2D eigenvalue weighted by Gasteiger charge is 2.10. The van der Waals surface area contributed by atoms with E-state index in [0.29, 0.717) is 6.54 Å². The van der Waals surface area contributed by atoms with Gasteiger partial charge in [0.25, 0.3) is 0 Å². The first-order chi connectivity index (χ1) is 9.08. The van der Waals surface area contributed by atoms with E-state index in [1.807, 2.05) is 12.1 Å². The number of hydrogen-bond acceptors (Lipinski definition) is 3. The number of carbonyl (C=O) groups is 1. The number of hydrogen-bond donors (Lipinski definition) is 1. The van der Waals surface area contributed by atoms with E-state index in [4.69, 9.17) is 5.11 Å². The normalized spacial score (nSPS) is 10.4. The second-order valence-electron chi connectivity index (χ2n) is 4.30. The lowest BCUT2D eigenvalue weighted by Gasteiger charge is -2.11. The highest BCUT2D eigenvalue weighted by molar-refractivity contribution is 5.87. The molecule has 0 fully saturated rings. The Morgan fingerprint density at radius 1 is 1.37 bits per heavy atom. The highest BCUT2D eigenvalue weighted by Crippen LogP contribution is 2.04. The third-order valence-corrected chi connectivity index (χ3v) is 2.96. The van der Waals surface area contributed by atoms with E-state index in [1.54, 1.807) is 23.9 Å². The Balaban J connectivity index is 2.23. The second-order valence-corrected chi connectivity index (χ2v) is 4.30. The summed E-state index contributed by atoms with van der Waals surface area (Å²) >= 11 is 0. The minimum absolute atomic E-state index is 0.194. The van der Waals surface area contributed by atoms with Crippen LogP contribution < -0.4 is 5.43 Å². The summed E-state index contributed by atoms with van der Waals surface area (Å²) < 4.78 is 1.78. The fraction of sp³-hybridized carbons (Fsp3) is 0.214. The summed E-state index contributed by atoms with van der Waals surface area (Å²) in [7, 11) is 0. The zero-order chi connectivity index (χ0) is 13.8. The molecule has 0 aliphatic heterocycles. The SMILES string of the molecule is Cc1cc(=O)c(C(=O)O)cn1CCc1ccncc1. The maximum absolute atomic E-state index is 11.5. The van der Waals surface area contributed by atoms with Crippen LogP contribution in [0.3, 0.4) is 0 Å². The molecule has 0 atom stereocenters. The van der Waals surface area contributed by atoms with E-state index in [1.165, 1.54) is 12.3 Å². The number of carboxylic acids is 1. The summed E-state index contributed by atoms with van der Waals surface area (Å²) in [6.45, 7) is 2.41. The molecule has 5 nitrogen and oxygen atoms in total. The Hall–Kier alpha value is -2.43. The monoisotopic (exact) mass is 258 g/mol. The van der Waals surface area contributed by atoms with Crippen molar-refractivity contribution >= 4 is 5.97 Å². The lowest BCUT2D eigenvalue weighted by Crippen LogP contribution is -2.19. The average molecular weight is 258 g/mol. The summed E-state index contributed by atoms with van der Waals surface area (Å²) in [6.07, 6.45) is 5.60. The maximum atomic E-state index is 11.5. The molecule has 2 aromatic rings. The molecule has 0 aliphatic carbocycles. The van der Waals surface area contributed by atoms with Gasteiger partial charge in [0.2, 0.25) is 0 Å². The summed E-state index contributed by atoms with van der Waals surface area (Å²) in [5.74, 6) is -1.19. The van der Waals surface area contributed by atoms with Crippen molar-refractivity contribution in [1.82, 2.24) is 9.55 Å². The quantitative estimate of drug-likeness (QED) is 0.901. The zero-order valence-electron chi connectivity index (χ0n) is 10.5. The van der Waals surface area contributed by atoms with Crippen LogP contribution in [0.5, 0.6) is 0 Å². The molecule has 0 saturated carbocycles. The summed E-state index contributed by atoms with van der Waals surface area (Å²) in [4.78, 5) is 26.4. The Labute approximate surface area is 110 Å². The van der Waals surface area contributed by atoms with E-state index in [0.717, 1.165) is 17.7 Å². The Morgan fingerprint density at radius 3 is 2.68 bits per heavy atom. The van der Waals surface area contributed by atoms with Crippen LogP contribution in [-0.2, 0) is 13.0 Å². The molecule has 0 spiro atoms. The van der Waals surface area contributed by atoms with E-state index in [-0.39, 0.29) is 5.56 Å². The average Bonchev–Trinajstić information content (AvgIpc) is 2.38. The predicted molar refractivity (Wildman–Crippen MR) is 70.3 cm³/mol. The standard InChI is InChI=1S/C14H14N2O3/c1-10-8-13(17)12(14(18)19)9-16(10)7-4-11-2-5-15-6-3-11/h2-3,5-6,8-9H,4,7H2,1H3,(H,18,19). The molecule has 19 heavy (non-hydrogen) atoms. The number of pyridine rings is 2. The van der Waals surface area contributed by atoms with Gasteiger partial charge < -0.3 is 9.67 Å². The lowest BCUT2D eigenvalue weighted by atomic mass is 10.2. The fourth-order valence-electron chi connectivity index (χ4n) is 1.87. The van der Waals surface area contributed by atoms with Gasteiger partial charge in [0.1, 0.15) is 5.56 Å². The second kappa shape index (κ2) is 5.48. The molecule has 5 heteroatoms. The number of aromatic nitrogens is 2. The van der Waals surface area contributed by atoms with E-state index in [9.17, 15) is 9.59 Å². The van der Waals surface area contributed by atoms with Gasteiger partial charge in [-0.25, -0.2) is 4.79 Å². The maximum Gasteiger partial charge on any atom is 0.341 e. The van der Waals surface area contributed by atoms with Crippen LogP contribution >= 0.6 is 0 Å². The summed E-state index contributed by atoms with van der Waals surface area (Å²) in [6, 6.07) is 5.18. The van der Waals surface area contributed by atoms with Gasteiger partial charge in [0.05, 0.1) is 0 Å². The van der Waals surface area contributed by atoms with Gasteiger partial charge in [-0.2, -0.15) is 0 Å². The molecule has 0 aliphatic rings. The zero-order valence-corrected chi connectivity index (χ0v) is 10.5. The minimum Gasteiger partial charge on any atom is -0.477 e. The number of carboxylic acid groups (broad SMARTS) is 1. The van der Waals surface area contributed by atoms with Crippen molar-refractivity contribution in [3.05, 3.63) is 63.8 Å². The number of rotatable bonds is 4. The Morgan fingerprint density at radius 2 is 2.05 bits per heavy atom. The van der Waals surface area contributed by atoms with Crippen molar-refractivity contribution in [3.63, 3.8) is 0 Å². The van der Waals surface area contributed by atoms with Gasteiger partial charge in [-0.1, -0.05) is 0 Å². The number of aryl methyl sites for hydroxylation is 3. The minimum atomic E-state index is -1.19. The molecular formula is C14H14N2O3. The molecule has 2 aromatic heterocycles. The summed E-state index contributed by atoms with van der Waals surface area (Å²) in [5, 5.41) is 8.94. The van der Waals surface area contributed by atoms with Crippen LogP contribution in [0.15, 0.2) is 41.6 Å². The van der Waals surface area contributed by atoms with Gasteiger partial charge in [-0.05, 0) is 31.0 Å². The van der Waals surface area contributed by atoms with Crippen molar-refractivity contribution in [2.24, 2.45) is 0 Å². The third kappa shape index (κ3) is 3.07. The first-order valence-electron chi connectivity index (χ1n) is 5.91. The fourth-order valence-corrected chi connectivity index (χ4v) is 1.87. The Bertz CT molecular complexity index is 647. The molecule has 0 amide bonds. The summed E-state index contributed by atoms with van der Waals surface area (Å²) in [5.41, 5.74) is 1.22. The predicted octanol–water partition coefficient (Wildman–Crippen LogP) is 1.49. The van der Waals surface area contributed by atoms with Gasteiger partial charge >= 0.3 is 5.97 Å². The molecule has 0 saturated heterocycles. The molecule has 1 N–H and O–H groups in total. The molecule has 2 heterocycles. The Kier molecular flexibility index (Phi) is 3.75. The molecule has 98 valence electrons. The van der Waals surface area contributed by atoms with Crippen LogP contribution in [0.2, 0.25) is 0 Å². The topological polar surface area (TPSA) is 72.2 Å². The van der Waals surface area contributed by atoms with Crippen molar-refractivity contribution < 1.29 is 9.90 Å². The molecule has 0 radical (unpaired) electrons. The first kappa shape index (κ1) is 13.0. The molecule has 0 unspecified atom stereocenters. The van der Waals surface area contributed by atoms with E-state index < -0.39 is 11.4 Å². The number of nitrogens with zero attached hydrogens (tertiary/aromatic N) is 2. The molecule has 0 aromatic carbocycles. The molecule has 0 bridgehead atoms. The van der Waals surface area contributed by atoms with Crippen molar-refractivity contribution in [2.75, 3.05) is 0 Å². The van der Waals surface area contributed by atoms with Crippen LogP contribution in [0, 0.1) is 6.92 Å². The van der Waals surface area contributed by atoms with E-state index in [2.05, 4.69) is 4.98 Å². The number of aromatic carboxylic acids is 1. The van der Waals surface area contributed by atoms with Gasteiger partial charge in [0, 0.05) is 36.9 Å². The van der Waals surface area contributed by atoms with E-state index >= 15 is 0 Å². The van der Waals surface area contributed by atoms with Crippen molar-refractivity contribution in [2.45, 2.75) is 19.9 Å². The van der Waals surface area contributed by atoms with Gasteiger partial charge in [-0.3, -0.25) is 9.78 Å². The lowest BCUT2D eigenvalue weighted by molar-refractivity contribution is 0.0694. The van der Waals surface area contributed by atoms with Crippen molar-refractivity contribution in [1.29, 1.82) is 0 Å². The van der Waals surface area contributed by atoms with Crippen LogP contribution in [0.1, 0.15) is 21.6 Å². The van der Waals surface area contributed by atoms with Crippen LogP contribution in [0.4, 0.5) is 0 Å². The highest BCUT2D eigenvalue weighted by atomic mass is 16.4. The molecular weight excluding hydrogens is 244 g/mol. The molecule has 2 rings (SSSR count). The third-order valence-electron chi connectivity index (χ3n) is 2.96. The largest absolute Gasteiger partial charge is 0.477 e.